The van der Waals surface area contributed by atoms with Gasteiger partial charge in [0.05, 0.1) is 5.92 Å². The van der Waals surface area contributed by atoms with Crippen LogP contribution in [0.3, 0.4) is 0 Å². The maximum Gasteiger partial charge on any atom is 0.306 e. The van der Waals surface area contributed by atoms with E-state index in [1.807, 2.05) is 0 Å². The molecule has 98 valence electrons. The molecule has 1 aromatic rings. The SMILES string of the molecule is O=C(O)CCC(CC(S)c1ccncc1)C(=O)O. The second kappa shape index (κ2) is 7.00. The van der Waals surface area contributed by atoms with Crippen molar-refractivity contribution in [1.82, 2.24) is 4.98 Å². The van der Waals surface area contributed by atoms with Gasteiger partial charge >= 0.3 is 11.9 Å². The highest BCUT2D eigenvalue weighted by Crippen LogP contribution is 2.29. The molecule has 0 aliphatic heterocycles. The molecule has 0 fully saturated rings. The number of carbonyl (C=O) groups is 2. The van der Waals surface area contributed by atoms with Gasteiger partial charge in [-0.25, -0.2) is 0 Å². The zero-order chi connectivity index (χ0) is 13.5. The molecule has 5 nitrogen and oxygen atoms in total. The minimum atomic E-state index is -0.985. The highest BCUT2D eigenvalue weighted by Gasteiger charge is 2.22. The molecule has 1 aromatic heterocycles. The topological polar surface area (TPSA) is 87.5 Å². The standard InChI is InChI=1S/C12H15NO4S/c14-11(15)2-1-9(12(16)17)7-10(18)8-3-5-13-6-4-8/h3-6,9-10,18H,1-2,7H2,(H,14,15)(H,16,17). The van der Waals surface area contributed by atoms with E-state index in [-0.39, 0.29) is 18.1 Å². The van der Waals surface area contributed by atoms with E-state index in [0.717, 1.165) is 5.56 Å². The van der Waals surface area contributed by atoms with Gasteiger partial charge in [0.1, 0.15) is 0 Å². The van der Waals surface area contributed by atoms with Crippen molar-refractivity contribution in [2.75, 3.05) is 0 Å². The number of rotatable bonds is 7. The molecular formula is C12H15NO4S. The van der Waals surface area contributed by atoms with Crippen LogP contribution in [0.15, 0.2) is 24.5 Å². The summed E-state index contributed by atoms with van der Waals surface area (Å²) in [5.41, 5.74) is 0.884. The Bertz CT molecular complexity index is 410. The van der Waals surface area contributed by atoms with E-state index >= 15 is 0 Å². The van der Waals surface area contributed by atoms with E-state index in [9.17, 15) is 9.59 Å². The summed E-state index contributed by atoms with van der Waals surface area (Å²) < 4.78 is 0. The van der Waals surface area contributed by atoms with Gasteiger partial charge in [0.2, 0.25) is 0 Å². The molecule has 0 saturated carbocycles. The first-order valence-corrected chi connectivity index (χ1v) is 6.05. The molecule has 2 atom stereocenters. The monoisotopic (exact) mass is 269 g/mol. The molecule has 2 unspecified atom stereocenters. The molecule has 0 aliphatic carbocycles. The van der Waals surface area contributed by atoms with Gasteiger partial charge in [-0.15, -0.1) is 0 Å². The van der Waals surface area contributed by atoms with Crippen LogP contribution in [-0.4, -0.2) is 27.1 Å². The maximum absolute atomic E-state index is 11.0. The maximum atomic E-state index is 11.0. The molecule has 0 bridgehead atoms. The average molecular weight is 269 g/mol. The van der Waals surface area contributed by atoms with Crippen molar-refractivity contribution < 1.29 is 19.8 Å². The Morgan fingerprint density at radius 3 is 2.39 bits per heavy atom. The first kappa shape index (κ1) is 14.5. The van der Waals surface area contributed by atoms with Gasteiger partial charge < -0.3 is 10.2 Å². The third-order valence-electron chi connectivity index (χ3n) is 2.65. The number of carboxylic acid groups (broad SMARTS) is 2. The average Bonchev–Trinajstić information content (AvgIpc) is 2.34. The third-order valence-corrected chi connectivity index (χ3v) is 3.16. The minimum Gasteiger partial charge on any atom is -0.481 e. The van der Waals surface area contributed by atoms with Gasteiger partial charge in [-0.2, -0.15) is 12.6 Å². The number of pyridine rings is 1. The summed E-state index contributed by atoms with van der Waals surface area (Å²) in [5, 5.41) is 17.4. The van der Waals surface area contributed by atoms with E-state index in [1.165, 1.54) is 0 Å². The van der Waals surface area contributed by atoms with Crippen molar-refractivity contribution in [3.63, 3.8) is 0 Å². The fourth-order valence-corrected chi connectivity index (χ4v) is 2.06. The molecule has 0 aromatic carbocycles. The second-order valence-electron chi connectivity index (χ2n) is 4.00. The summed E-state index contributed by atoms with van der Waals surface area (Å²) in [6.45, 7) is 0. The lowest BCUT2D eigenvalue weighted by molar-refractivity contribution is -0.143. The second-order valence-corrected chi connectivity index (χ2v) is 4.62. The molecule has 0 spiro atoms. The van der Waals surface area contributed by atoms with Crippen LogP contribution in [0.25, 0.3) is 0 Å². The van der Waals surface area contributed by atoms with Crippen LogP contribution in [0.5, 0.6) is 0 Å². The number of hydrogen-bond acceptors (Lipinski definition) is 4. The molecular weight excluding hydrogens is 254 g/mol. The lowest BCUT2D eigenvalue weighted by atomic mass is 9.95. The van der Waals surface area contributed by atoms with Crippen molar-refractivity contribution in [2.24, 2.45) is 5.92 Å². The Morgan fingerprint density at radius 2 is 1.89 bits per heavy atom. The molecule has 0 saturated heterocycles. The molecule has 18 heavy (non-hydrogen) atoms. The van der Waals surface area contributed by atoms with Crippen LogP contribution in [-0.2, 0) is 9.59 Å². The summed E-state index contributed by atoms with van der Waals surface area (Å²) in [6.07, 6.45) is 3.51. The van der Waals surface area contributed by atoms with E-state index in [4.69, 9.17) is 10.2 Å². The fraction of sp³-hybridized carbons (Fsp3) is 0.417. The summed E-state index contributed by atoms with van der Waals surface area (Å²) in [5.74, 6) is -2.66. The van der Waals surface area contributed by atoms with Crippen LogP contribution < -0.4 is 0 Å². The first-order chi connectivity index (χ1) is 8.50. The summed E-state index contributed by atoms with van der Waals surface area (Å²) >= 11 is 4.36. The van der Waals surface area contributed by atoms with Gasteiger partial charge in [-0.1, -0.05) is 0 Å². The third kappa shape index (κ3) is 4.75. The van der Waals surface area contributed by atoms with E-state index in [0.29, 0.717) is 6.42 Å². The largest absolute Gasteiger partial charge is 0.481 e. The Kier molecular flexibility index (Phi) is 5.64. The molecule has 6 heteroatoms. The number of thiol groups is 1. The Balaban J connectivity index is 2.60. The molecule has 1 heterocycles. The lowest BCUT2D eigenvalue weighted by Gasteiger charge is -2.16. The van der Waals surface area contributed by atoms with E-state index < -0.39 is 17.9 Å². The number of aliphatic carboxylic acids is 2. The Hall–Kier alpha value is -1.56. The van der Waals surface area contributed by atoms with Crippen molar-refractivity contribution in [3.05, 3.63) is 30.1 Å². The molecule has 0 aliphatic rings. The van der Waals surface area contributed by atoms with Crippen LogP contribution >= 0.6 is 12.6 Å². The fourth-order valence-electron chi connectivity index (χ4n) is 1.63. The Morgan fingerprint density at radius 1 is 1.28 bits per heavy atom. The zero-order valence-corrected chi connectivity index (χ0v) is 10.6. The minimum absolute atomic E-state index is 0.118. The normalized spacial score (nSPS) is 13.8. The predicted molar refractivity (Wildman–Crippen MR) is 68.6 cm³/mol. The van der Waals surface area contributed by atoms with Crippen molar-refractivity contribution >= 4 is 24.6 Å². The summed E-state index contributed by atoms with van der Waals surface area (Å²) in [6, 6.07) is 3.54. The van der Waals surface area contributed by atoms with E-state index in [1.54, 1.807) is 24.5 Å². The number of carboxylic acids is 2. The predicted octanol–water partition coefficient (Wildman–Crippen LogP) is 2.01. The van der Waals surface area contributed by atoms with Gasteiger partial charge in [-0.05, 0) is 30.5 Å². The summed E-state index contributed by atoms with van der Waals surface area (Å²) in [7, 11) is 0. The van der Waals surface area contributed by atoms with Crippen LogP contribution in [0.4, 0.5) is 0 Å². The van der Waals surface area contributed by atoms with Crippen LogP contribution in [0.1, 0.15) is 30.1 Å². The number of nitrogens with zero attached hydrogens (tertiary/aromatic N) is 1. The van der Waals surface area contributed by atoms with Crippen LogP contribution in [0.2, 0.25) is 0 Å². The molecule has 1 rings (SSSR count). The van der Waals surface area contributed by atoms with Gasteiger partial charge in [0.15, 0.2) is 0 Å². The van der Waals surface area contributed by atoms with Gasteiger partial charge in [0, 0.05) is 24.1 Å². The van der Waals surface area contributed by atoms with E-state index in [2.05, 4.69) is 17.6 Å². The molecule has 0 amide bonds. The quantitative estimate of drug-likeness (QED) is 0.659. The smallest absolute Gasteiger partial charge is 0.306 e. The highest BCUT2D eigenvalue weighted by molar-refractivity contribution is 7.80. The highest BCUT2D eigenvalue weighted by atomic mass is 32.1. The van der Waals surface area contributed by atoms with Crippen LogP contribution in [0, 0.1) is 5.92 Å². The Labute approximate surface area is 110 Å². The zero-order valence-electron chi connectivity index (χ0n) is 9.69. The molecule has 2 N–H and O–H groups in total. The number of aromatic nitrogens is 1. The van der Waals surface area contributed by atoms with Crippen molar-refractivity contribution in [3.8, 4) is 0 Å². The summed E-state index contributed by atoms with van der Waals surface area (Å²) in [4.78, 5) is 25.4. The first-order valence-electron chi connectivity index (χ1n) is 5.53. The van der Waals surface area contributed by atoms with Crippen molar-refractivity contribution in [2.45, 2.75) is 24.5 Å². The van der Waals surface area contributed by atoms with Crippen molar-refractivity contribution in [1.29, 1.82) is 0 Å². The lowest BCUT2D eigenvalue weighted by Crippen LogP contribution is -2.17. The van der Waals surface area contributed by atoms with Gasteiger partial charge in [0.25, 0.3) is 0 Å². The van der Waals surface area contributed by atoms with Gasteiger partial charge in [-0.3, -0.25) is 14.6 Å². The number of hydrogen-bond donors (Lipinski definition) is 3. The molecule has 0 radical (unpaired) electrons.